The zero-order chi connectivity index (χ0) is 19.2. The minimum atomic E-state index is -0.389. The molecule has 8 heteroatoms. The minimum absolute atomic E-state index is 0. The maximum absolute atomic E-state index is 12.9. The summed E-state index contributed by atoms with van der Waals surface area (Å²) in [5.41, 5.74) is 2.46. The van der Waals surface area contributed by atoms with Gasteiger partial charge in [-0.3, -0.25) is 4.90 Å². The number of nitrogens with zero attached hydrogens (tertiary/aromatic N) is 5. The number of aliphatic imine (C=N–C) groups is 1. The van der Waals surface area contributed by atoms with Crippen LogP contribution in [0.2, 0.25) is 0 Å². The Morgan fingerprint density at radius 2 is 1.72 bits per heavy atom. The van der Waals surface area contributed by atoms with Gasteiger partial charge >= 0.3 is 0 Å². The first-order valence-electron chi connectivity index (χ1n) is 10.1. The summed E-state index contributed by atoms with van der Waals surface area (Å²) in [5.74, 6) is 1.35. The van der Waals surface area contributed by atoms with E-state index in [0.29, 0.717) is 5.95 Å². The van der Waals surface area contributed by atoms with E-state index in [0.717, 1.165) is 70.1 Å². The number of amidine groups is 1. The number of piperazine rings is 1. The van der Waals surface area contributed by atoms with Gasteiger partial charge in [0.2, 0.25) is 5.95 Å². The number of nitrogens with one attached hydrogen (secondary N) is 1. The van der Waals surface area contributed by atoms with Crippen LogP contribution < -0.4 is 10.2 Å². The van der Waals surface area contributed by atoms with Crippen molar-refractivity contribution in [3.8, 4) is 0 Å². The Morgan fingerprint density at radius 1 is 0.966 bits per heavy atom. The molecule has 156 valence electrons. The summed E-state index contributed by atoms with van der Waals surface area (Å²) in [4.78, 5) is 17.5. The molecule has 1 fully saturated rings. The fourth-order valence-corrected chi connectivity index (χ4v) is 3.75. The highest BCUT2D eigenvalue weighted by atomic mass is 79.9. The van der Waals surface area contributed by atoms with E-state index in [9.17, 15) is 4.39 Å². The van der Waals surface area contributed by atoms with Gasteiger partial charge in [0.05, 0.1) is 18.1 Å². The molecule has 0 bridgehead atoms. The maximum atomic E-state index is 12.9. The molecule has 2 aromatic rings. The lowest BCUT2D eigenvalue weighted by Crippen LogP contribution is -2.47. The highest BCUT2D eigenvalue weighted by Gasteiger charge is 2.18. The van der Waals surface area contributed by atoms with E-state index >= 15 is 0 Å². The zero-order valence-electron chi connectivity index (χ0n) is 16.6. The number of benzene rings is 1. The Hall–Kier alpha value is -2.06. The maximum Gasteiger partial charge on any atom is 0.225 e. The van der Waals surface area contributed by atoms with E-state index in [-0.39, 0.29) is 22.8 Å². The molecule has 0 atom stereocenters. The van der Waals surface area contributed by atoms with Crippen LogP contribution in [0.5, 0.6) is 0 Å². The summed E-state index contributed by atoms with van der Waals surface area (Å²) in [6.07, 6.45) is 6.86. The standard InChI is InChI=1S/C21H27FN6.BrH/c22-18-15-24-21(25-16-18)28-13-11-27(12-14-28)10-4-3-9-23-20-8-7-17-5-1-2-6-19(17)26-20;/h1-2,5-6,15-16H,3-4,7-14H2,(H,23,26);1H. The molecule has 1 saturated heterocycles. The first-order chi connectivity index (χ1) is 13.8. The van der Waals surface area contributed by atoms with E-state index < -0.39 is 0 Å². The Morgan fingerprint density at radius 3 is 2.52 bits per heavy atom. The summed E-state index contributed by atoms with van der Waals surface area (Å²) in [5, 5.41) is 3.51. The topological polar surface area (TPSA) is 56.7 Å². The van der Waals surface area contributed by atoms with Gasteiger partial charge in [-0.1, -0.05) is 18.2 Å². The summed E-state index contributed by atoms with van der Waals surface area (Å²) >= 11 is 0. The molecule has 1 aromatic carbocycles. The van der Waals surface area contributed by atoms with Crippen molar-refractivity contribution in [2.24, 2.45) is 4.99 Å². The van der Waals surface area contributed by atoms with Crippen LogP contribution in [0.4, 0.5) is 16.0 Å². The summed E-state index contributed by atoms with van der Waals surface area (Å²) in [7, 11) is 0. The monoisotopic (exact) mass is 462 g/mol. The molecular weight excluding hydrogens is 435 g/mol. The number of para-hydroxylation sites is 1. The molecule has 0 unspecified atom stereocenters. The van der Waals surface area contributed by atoms with Crippen LogP contribution in [0.3, 0.4) is 0 Å². The molecule has 2 aliphatic rings. The van der Waals surface area contributed by atoms with Crippen molar-refractivity contribution in [3.63, 3.8) is 0 Å². The van der Waals surface area contributed by atoms with Crippen molar-refractivity contribution >= 4 is 34.5 Å². The third kappa shape index (κ3) is 5.96. The molecule has 4 rings (SSSR count). The van der Waals surface area contributed by atoms with Crippen LogP contribution in [-0.2, 0) is 6.42 Å². The van der Waals surface area contributed by atoms with Crippen molar-refractivity contribution in [2.45, 2.75) is 25.7 Å². The Kier molecular flexibility index (Phi) is 7.94. The first kappa shape index (κ1) is 21.6. The van der Waals surface area contributed by atoms with Crippen molar-refractivity contribution in [2.75, 3.05) is 44.2 Å². The van der Waals surface area contributed by atoms with Gasteiger partial charge < -0.3 is 10.2 Å². The third-order valence-corrected chi connectivity index (χ3v) is 5.37. The lowest BCUT2D eigenvalue weighted by molar-refractivity contribution is 0.252. The van der Waals surface area contributed by atoms with Crippen molar-refractivity contribution in [1.29, 1.82) is 0 Å². The van der Waals surface area contributed by atoms with Gasteiger partial charge in [-0.25, -0.2) is 19.4 Å². The smallest absolute Gasteiger partial charge is 0.225 e. The van der Waals surface area contributed by atoms with Crippen LogP contribution in [-0.4, -0.2) is 60.0 Å². The van der Waals surface area contributed by atoms with Gasteiger partial charge in [-0.2, -0.15) is 0 Å². The fraction of sp³-hybridized carbons (Fsp3) is 0.476. The van der Waals surface area contributed by atoms with Crippen LogP contribution >= 0.6 is 17.0 Å². The molecule has 1 aromatic heterocycles. The first-order valence-corrected chi connectivity index (χ1v) is 10.1. The van der Waals surface area contributed by atoms with Gasteiger partial charge in [-0.15, -0.1) is 17.0 Å². The van der Waals surface area contributed by atoms with Gasteiger partial charge in [0.1, 0.15) is 5.84 Å². The lowest BCUT2D eigenvalue weighted by Gasteiger charge is -2.34. The number of halogens is 2. The van der Waals surface area contributed by atoms with Crippen LogP contribution in [0.1, 0.15) is 24.8 Å². The average Bonchev–Trinajstić information content (AvgIpc) is 2.74. The number of fused-ring (bicyclic) bond motifs is 1. The van der Waals surface area contributed by atoms with E-state index in [4.69, 9.17) is 4.99 Å². The molecule has 0 aliphatic carbocycles. The SMILES string of the molecule is Br.Fc1cnc(N2CCN(CCCCNC3=Nc4ccccc4CC3)CC2)nc1. The number of rotatable bonds is 6. The molecule has 3 heterocycles. The molecular formula is C21H28BrFN6. The third-order valence-electron chi connectivity index (χ3n) is 5.37. The Bertz CT molecular complexity index is 805. The average molecular weight is 463 g/mol. The van der Waals surface area contributed by atoms with Crippen LogP contribution in [0.15, 0.2) is 41.7 Å². The number of aryl methyl sites for hydroxylation is 1. The van der Waals surface area contributed by atoms with Gasteiger partial charge in [0.25, 0.3) is 0 Å². The summed E-state index contributed by atoms with van der Waals surface area (Å²) < 4.78 is 12.9. The second-order valence-electron chi connectivity index (χ2n) is 7.35. The largest absolute Gasteiger partial charge is 0.374 e. The molecule has 0 spiro atoms. The second kappa shape index (κ2) is 10.6. The summed E-state index contributed by atoms with van der Waals surface area (Å²) in [6, 6.07) is 8.39. The quantitative estimate of drug-likeness (QED) is 0.666. The van der Waals surface area contributed by atoms with Crippen molar-refractivity contribution in [3.05, 3.63) is 48.0 Å². The number of unbranched alkanes of at least 4 members (excludes halogenated alkanes) is 1. The van der Waals surface area contributed by atoms with Crippen LogP contribution in [0, 0.1) is 5.82 Å². The second-order valence-corrected chi connectivity index (χ2v) is 7.35. The van der Waals surface area contributed by atoms with E-state index in [2.05, 4.69) is 43.3 Å². The van der Waals surface area contributed by atoms with Gasteiger partial charge in [-0.05, 0) is 37.4 Å². The molecule has 1 N–H and O–H groups in total. The van der Waals surface area contributed by atoms with E-state index in [1.54, 1.807) is 0 Å². The predicted octanol–water partition coefficient (Wildman–Crippen LogP) is 3.36. The normalized spacial score (nSPS) is 16.6. The lowest BCUT2D eigenvalue weighted by atomic mass is 10.0. The highest BCUT2D eigenvalue weighted by molar-refractivity contribution is 8.93. The summed E-state index contributed by atoms with van der Waals surface area (Å²) in [6.45, 7) is 5.86. The van der Waals surface area contributed by atoms with Crippen molar-refractivity contribution < 1.29 is 4.39 Å². The number of hydrogen-bond donors (Lipinski definition) is 1. The number of aromatic nitrogens is 2. The molecule has 2 aliphatic heterocycles. The van der Waals surface area contributed by atoms with E-state index in [1.807, 2.05) is 6.07 Å². The van der Waals surface area contributed by atoms with E-state index in [1.165, 1.54) is 24.4 Å². The van der Waals surface area contributed by atoms with Gasteiger partial charge in [0.15, 0.2) is 5.82 Å². The number of hydrogen-bond acceptors (Lipinski definition) is 6. The predicted molar refractivity (Wildman–Crippen MR) is 120 cm³/mol. The van der Waals surface area contributed by atoms with Crippen LogP contribution in [0.25, 0.3) is 0 Å². The Labute approximate surface area is 182 Å². The Balaban J connectivity index is 0.00000240. The molecule has 0 saturated carbocycles. The zero-order valence-corrected chi connectivity index (χ0v) is 18.3. The fourth-order valence-electron chi connectivity index (χ4n) is 3.75. The molecule has 29 heavy (non-hydrogen) atoms. The number of anilines is 1. The highest BCUT2D eigenvalue weighted by Crippen LogP contribution is 2.24. The minimum Gasteiger partial charge on any atom is -0.374 e. The van der Waals surface area contributed by atoms with Crippen molar-refractivity contribution in [1.82, 2.24) is 20.2 Å². The molecule has 0 radical (unpaired) electrons. The van der Waals surface area contributed by atoms with Gasteiger partial charge in [0, 0.05) is 39.1 Å². The molecule has 0 amide bonds. The molecule has 6 nitrogen and oxygen atoms in total.